The van der Waals surface area contributed by atoms with Crippen molar-refractivity contribution < 1.29 is 15.0 Å². The first-order valence-corrected chi connectivity index (χ1v) is 5.57. The lowest BCUT2D eigenvalue weighted by molar-refractivity contribution is -0.142. The van der Waals surface area contributed by atoms with Gasteiger partial charge in [0.25, 0.3) is 0 Å². The SMILES string of the molecule is CC(CO)C(=O)O.CC1CC(C)C1(C)C. The van der Waals surface area contributed by atoms with Crippen LogP contribution in [0.3, 0.4) is 0 Å². The largest absolute Gasteiger partial charge is 0.481 e. The highest BCUT2D eigenvalue weighted by atomic mass is 16.4. The normalized spacial score (nSPS) is 29.5. The van der Waals surface area contributed by atoms with Crippen molar-refractivity contribution in [2.75, 3.05) is 6.61 Å². The highest BCUT2D eigenvalue weighted by molar-refractivity contribution is 5.69. The molecule has 0 heterocycles. The van der Waals surface area contributed by atoms with E-state index in [0.717, 1.165) is 11.8 Å². The fourth-order valence-electron chi connectivity index (χ4n) is 1.54. The van der Waals surface area contributed by atoms with Gasteiger partial charge in [0.2, 0.25) is 0 Å². The van der Waals surface area contributed by atoms with Crippen LogP contribution in [0.2, 0.25) is 0 Å². The van der Waals surface area contributed by atoms with Crippen molar-refractivity contribution in [1.29, 1.82) is 0 Å². The van der Waals surface area contributed by atoms with E-state index in [4.69, 9.17) is 10.2 Å². The molecule has 1 rings (SSSR count). The summed E-state index contributed by atoms with van der Waals surface area (Å²) in [6.45, 7) is 10.6. The number of aliphatic carboxylic acids is 1. The van der Waals surface area contributed by atoms with E-state index in [2.05, 4.69) is 27.7 Å². The molecule has 0 aromatic rings. The maximum atomic E-state index is 9.77. The van der Waals surface area contributed by atoms with Gasteiger partial charge >= 0.3 is 5.97 Å². The summed E-state index contributed by atoms with van der Waals surface area (Å²) in [7, 11) is 0. The van der Waals surface area contributed by atoms with E-state index in [9.17, 15) is 4.79 Å². The van der Waals surface area contributed by atoms with Crippen molar-refractivity contribution in [3.8, 4) is 0 Å². The zero-order valence-corrected chi connectivity index (χ0v) is 10.4. The second-order valence-electron chi connectivity index (χ2n) is 5.28. The highest BCUT2D eigenvalue weighted by Crippen LogP contribution is 2.50. The minimum absolute atomic E-state index is 0.282. The molecule has 3 heteroatoms. The first-order chi connectivity index (χ1) is 6.73. The van der Waals surface area contributed by atoms with Crippen LogP contribution >= 0.6 is 0 Å². The second-order valence-corrected chi connectivity index (χ2v) is 5.28. The number of aliphatic hydroxyl groups is 1. The number of rotatable bonds is 2. The number of carboxylic acids is 1. The fourth-order valence-corrected chi connectivity index (χ4v) is 1.54. The van der Waals surface area contributed by atoms with Gasteiger partial charge in [-0.1, -0.05) is 27.7 Å². The molecule has 0 spiro atoms. The minimum Gasteiger partial charge on any atom is -0.481 e. The maximum absolute atomic E-state index is 9.77. The predicted octanol–water partition coefficient (Wildman–Crippen LogP) is 2.39. The van der Waals surface area contributed by atoms with Crippen LogP contribution in [0.1, 0.15) is 41.0 Å². The van der Waals surface area contributed by atoms with Crippen molar-refractivity contribution in [3.63, 3.8) is 0 Å². The summed E-state index contributed by atoms with van der Waals surface area (Å²) in [5.41, 5.74) is 0.639. The van der Waals surface area contributed by atoms with Crippen molar-refractivity contribution >= 4 is 5.97 Å². The fraction of sp³-hybridized carbons (Fsp3) is 0.917. The third-order valence-electron chi connectivity index (χ3n) is 3.94. The van der Waals surface area contributed by atoms with Crippen LogP contribution in [0, 0.1) is 23.2 Å². The Morgan fingerprint density at radius 1 is 1.40 bits per heavy atom. The van der Waals surface area contributed by atoms with Crippen LogP contribution in [0.5, 0.6) is 0 Å². The van der Waals surface area contributed by atoms with Gasteiger partial charge in [0.1, 0.15) is 0 Å². The van der Waals surface area contributed by atoms with Crippen LogP contribution in [-0.2, 0) is 4.79 Å². The third kappa shape index (κ3) is 3.82. The van der Waals surface area contributed by atoms with Crippen molar-refractivity contribution in [2.24, 2.45) is 23.2 Å². The van der Waals surface area contributed by atoms with E-state index >= 15 is 0 Å². The van der Waals surface area contributed by atoms with Gasteiger partial charge in [0, 0.05) is 0 Å². The Morgan fingerprint density at radius 3 is 1.80 bits per heavy atom. The maximum Gasteiger partial charge on any atom is 0.308 e. The number of aliphatic hydroxyl groups excluding tert-OH is 1. The lowest BCUT2D eigenvalue weighted by Gasteiger charge is -2.49. The van der Waals surface area contributed by atoms with Gasteiger partial charge in [0.05, 0.1) is 12.5 Å². The van der Waals surface area contributed by atoms with Gasteiger partial charge in [-0.25, -0.2) is 0 Å². The standard InChI is InChI=1S/C8H16.C4H8O3/c1-6-5-7(2)8(6,3)4;1-3(2-5)4(6)7/h6-7H,5H2,1-4H3;3,5H,2H2,1H3,(H,6,7). The average Bonchev–Trinajstić information content (AvgIpc) is 2.18. The molecule has 1 aliphatic rings. The molecule has 1 saturated carbocycles. The molecule has 0 aliphatic heterocycles. The molecule has 0 amide bonds. The zero-order chi connectivity index (χ0) is 12.2. The van der Waals surface area contributed by atoms with E-state index in [0.29, 0.717) is 5.41 Å². The number of carboxylic acid groups (broad SMARTS) is 1. The Labute approximate surface area is 92.5 Å². The van der Waals surface area contributed by atoms with Crippen molar-refractivity contribution in [3.05, 3.63) is 0 Å². The monoisotopic (exact) mass is 216 g/mol. The zero-order valence-electron chi connectivity index (χ0n) is 10.4. The first kappa shape index (κ1) is 14.4. The summed E-state index contributed by atoms with van der Waals surface area (Å²) < 4.78 is 0. The summed E-state index contributed by atoms with van der Waals surface area (Å²) in [4.78, 5) is 9.77. The van der Waals surface area contributed by atoms with Gasteiger partial charge in [-0.2, -0.15) is 0 Å². The molecule has 0 radical (unpaired) electrons. The van der Waals surface area contributed by atoms with Gasteiger partial charge in [-0.3, -0.25) is 4.79 Å². The Kier molecular flexibility index (Phi) is 5.29. The quantitative estimate of drug-likeness (QED) is 0.745. The highest BCUT2D eigenvalue weighted by Gasteiger charge is 2.41. The van der Waals surface area contributed by atoms with Crippen LogP contribution in [-0.4, -0.2) is 22.8 Å². The Balaban J connectivity index is 0.000000265. The predicted molar refractivity (Wildman–Crippen MR) is 60.6 cm³/mol. The molecule has 3 unspecified atom stereocenters. The first-order valence-electron chi connectivity index (χ1n) is 5.57. The van der Waals surface area contributed by atoms with E-state index < -0.39 is 11.9 Å². The Hall–Kier alpha value is -0.570. The van der Waals surface area contributed by atoms with E-state index in [1.165, 1.54) is 13.3 Å². The molecule has 0 aromatic carbocycles. The Bertz CT molecular complexity index is 201. The molecule has 0 bridgehead atoms. The lowest BCUT2D eigenvalue weighted by Crippen LogP contribution is -2.41. The number of carbonyl (C=O) groups is 1. The van der Waals surface area contributed by atoms with Gasteiger partial charge in [-0.05, 0) is 30.6 Å². The summed E-state index contributed by atoms with van der Waals surface area (Å²) in [5.74, 6) is 0.331. The molecule has 3 atom stereocenters. The molecule has 90 valence electrons. The molecule has 1 fully saturated rings. The summed E-state index contributed by atoms with van der Waals surface area (Å²) in [6, 6.07) is 0. The lowest BCUT2D eigenvalue weighted by atomic mass is 9.56. The van der Waals surface area contributed by atoms with Crippen LogP contribution in [0.4, 0.5) is 0 Å². The van der Waals surface area contributed by atoms with Crippen molar-refractivity contribution in [1.82, 2.24) is 0 Å². The van der Waals surface area contributed by atoms with Gasteiger partial charge < -0.3 is 10.2 Å². The van der Waals surface area contributed by atoms with Gasteiger partial charge in [-0.15, -0.1) is 0 Å². The molecule has 0 saturated heterocycles. The number of hydrogen-bond donors (Lipinski definition) is 2. The second kappa shape index (κ2) is 5.50. The van der Waals surface area contributed by atoms with E-state index in [1.54, 1.807) is 0 Å². The summed E-state index contributed by atoms with van der Waals surface area (Å²) in [6.07, 6.45) is 1.44. The molecule has 0 aromatic heterocycles. The van der Waals surface area contributed by atoms with Crippen molar-refractivity contribution in [2.45, 2.75) is 41.0 Å². The van der Waals surface area contributed by atoms with Crippen LogP contribution < -0.4 is 0 Å². The summed E-state index contributed by atoms with van der Waals surface area (Å²) >= 11 is 0. The smallest absolute Gasteiger partial charge is 0.308 e. The molecular formula is C12H24O3. The molecule has 3 nitrogen and oxygen atoms in total. The summed E-state index contributed by atoms with van der Waals surface area (Å²) in [5, 5.41) is 16.1. The Morgan fingerprint density at radius 2 is 1.80 bits per heavy atom. The number of hydrogen-bond acceptors (Lipinski definition) is 2. The van der Waals surface area contributed by atoms with Gasteiger partial charge in [0.15, 0.2) is 0 Å². The van der Waals surface area contributed by atoms with E-state index in [-0.39, 0.29) is 6.61 Å². The van der Waals surface area contributed by atoms with Crippen LogP contribution in [0.15, 0.2) is 0 Å². The van der Waals surface area contributed by atoms with Crippen LogP contribution in [0.25, 0.3) is 0 Å². The molecular weight excluding hydrogens is 192 g/mol. The topological polar surface area (TPSA) is 57.5 Å². The average molecular weight is 216 g/mol. The minimum atomic E-state index is -0.956. The third-order valence-corrected chi connectivity index (χ3v) is 3.94. The molecule has 2 N–H and O–H groups in total. The van der Waals surface area contributed by atoms with E-state index in [1.807, 2.05) is 0 Å². The molecule has 1 aliphatic carbocycles. The molecule has 15 heavy (non-hydrogen) atoms.